The van der Waals surface area contributed by atoms with Gasteiger partial charge in [-0.1, -0.05) is 31.5 Å². The van der Waals surface area contributed by atoms with Crippen LogP contribution in [-0.4, -0.2) is 65.5 Å². The minimum Gasteiger partial charge on any atom is -0.354 e. The van der Waals surface area contributed by atoms with Crippen molar-refractivity contribution in [2.24, 2.45) is 5.92 Å². The number of halogens is 1. The van der Waals surface area contributed by atoms with Crippen LogP contribution in [0, 0.1) is 18.7 Å². The van der Waals surface area contributed by atoms with Crippen LogP contribution < -0.4 is 5.32 Å². The van der Waals surface area contributed by atoms with Crippen LogP contribution >= 0.6 is 0 Å². The highest BCUT2D eigenvalue weighted by Gasteiger charge is 2.54. The third-order valence-electron chi connectivity index (χ3n) is 6.65. The fraction of sp³-hybridized carbons (Fsp3) is 0.444. The number of ether oxygens (including phenoxy) is 1. The second-order valence-electron chi connectivity index (χ2n) is 9.76. The van der Waals surface area contributed by atoms with Gasteiger partial charge in [-0.15, -0.1) is 0 Å². The Morgan fingerprint density at radius 1 is 1.06 bits per heavy atom. The summed E-state index contributed by atoms with van der Waals surface area (Å²) in [5.41, 5.74) is 0.889. The molecule has 0 bridgehead atoms. The molecule has 2 saturated heterocycles. The van der Waals surface area contributed by atoms with Gasteiger partial charge in [-0.05, 0) is 49.2 Å². The highest BCUT2D eigenvalue weighted by atomic mass is 19.1. The molecule has 2 heterocycles. The van der Waals surface area contributed by atoms with Gasteiger partial charge in [0.25, 0.3) is 11.8 Å². The predicted octanol–water partition coefficient (Wildman–Crippen LogP) is 3.38. The largest absolute Gasteiger partial charge is 0.354 e. The van der Waals surface area contributed by atoms with Gasteiger partial charge in [-0.2, -0.15) is 0 Å². The zero-order valence-corrected chi connectivity index (χ0v) is 20.4. The van der Waals surface area contributed by atoms with Crippen molar-refractivity contribution in [2.75, 3.05) is 26.2 Å². The molecule has 2 fully saturated rings. The standard InChI is InChI=1S/C27H32FN3O4/c1-18(2)16-29-24(32)23-17-35-27(31(23)26(34)21-6-4-5-19(3)15-21)11-13-30(14-12-27)25(33)20-7-9-22(28)10-8-20/h4-10,15,18,23H,11-14,16-17H2,1-3H3,(H,29,32). The lowest BCUT2D eigenvalue weighted by Gasteiger charge is -2.44. The summed E-state index contributed by atoms with van der Waals surface area (Å²) in [7, 11) is 0. The number of likely N-dealkylation sites (tertiary alicyclic amines) is 1. The van der Waals surface area contributed by atoms with Crippen molar-refractivity contribution in [1.82, 2.24) is 15.1 Å². The van der Waals surface area contributed by atoms with E-state index in [1.807, 2.05) is 39.0 Å². The summed E-state index contributed by atoms with van der Waals surface area (Å²) in [6.07, 6.45) is 0.761. The van der Waals surface area contributed by atoms with E-state index in [1.165, 1.54) is 24.3 Å². The van der Waals surface area contributed by atoms with Crippen LogP contribution in [0.1, 0.15) is 53.0 Å². The van der Waals surface area contributed by atoms with Crippen LogP contribution in [0.25, 0.3) is 0 Å². The Balaban J connectivity index is 1.56. The Morgan fingerprint density at radius 2 is 1.74 bits per heavy atom. The van der Waals surface area contributed by atoms with Gasteiger partial charge in [-0.3, -0.25) is 19.3 Å². The summed E-state index contributed by atoms with van der Waals surface area (Å²) >= 11 is 0. The number of carbonyl (C=O) groups is 3. The molecule has 7 nitrogen and oxygen atoms in total. The van der Waals surface area contributed by atoms with E-state index in [0.717, 1.165) is 5.56 Å². The first-order chi connectivity index (χ1) is 16.7. The molecular weight excluding hydrogens is 449 g/mol. The van der Waals surface area contributed by atoms with Gasteiger partial charge in [-0.25, -0.2) is 4.39 Å². The van der Waals surface area contributed by atoms with Crippen LogP contribution in [0.3, 0.4) is 0 Å². The molecule has 0 aromatic heterocycles. The van der Waals surface area contributed by atoms with Crippen LogP contribution in [0.2, 0.25) is 0 Å². The second-order valence-corrected chi connectivity index (χ2v) is 9.76. The molecule has 2 aliphatic heterocycles. The van der Waals surface area contributed by atoms with Crippen LogP contribution in [0.5, 0.6) is 0 Å². The third-order valence-corrected chi connectivity index (χ3v) is 6.65. The van der Waals surface area contributed by atoms with Crippen molar-refractivity contribution in [2.45, 2.75) is 45.4 Å². The molecule has 1 N–H and O–H groups in total. The molecule has 3 amide bonds. The number of piperidine rings is 1. The molecule has 1 spiro atoms. The molecule has 0 radical (unpaired) electrons. The van der Waals surface area contributed by atoms with Gasteiger partial charge in [0.05, 0.1) is 6.61 Å². The van der Waals surface area contributed by atoms with Crippen molar-refractivity contribution in [3.8, 4) is 0 Å². The molecule has 35 heavy (non-hydrogen) atoms. The highest BCUT2D eigenvalue weighted by Crippen LogP contribution is 2.39. The van der Waals surface area contributed by atoms with Crippen molar-refractivity contribution in [3.63, 3.8) is 0 Å². The molecule has 2 aliphatic rings. The smallest absolute Gasteiger partial charge is 0.256 e. The molecule has 0 aliphatic carbocycles. The van der Waals surface area contributed by atoms with Crippen LogP contribution in [0.4, 0.5) is 4.39 Å². The van der Waals surface area contributed by atoms with Crippen LogP contribution in [0.15, 0.2) is 48.5 Å². The molecule has 8 heteroatoms. The topological polar surface area (TPSA) is 79.0 Å². The summed E-state index contributed by atoms with van der Waals surface area (Å²) < 4.78 is 19.5. The van der Waals surface area contributed by atoms with Crippen molar-refractivity contribution >= 4 is 17.7 Å². The maximum atomic E-state index is 13.7. The van der Waals surface area contributed by atoms with E-state index in [-0.39, 0.29) is 30.2 Å². The SMILES string of the molecule is Cc1cccc(C(=O)N2C(C(=O)NCC(C)C)COC23CCN(C(=O)c2ccc(F)cc2)CC3)c1. The van der Waals surface area contributed by atoms with Crippen molar-refractivity contribution < 1.29 is 23.5 Å². The molecule has 2 aromatic carbocycles. The lowest BCUT2D eigenvalue weighted by atomic mass is 9.95. The number of aryl methyl sites for hydroxylation is 1. The quantitative estimate of drug-likeness (QED) is 0.710. The van der Waals surface area contributed by atoms with E-state index in [1.54, 1.807) is 15.9 Å². The average molecular weight is 482 g/mol. The van der Waals surface area contributed by atoms with E-state index >= 15 is 0 Å². The van der Waals surface area contributed by atoms with Gasteiger partial charge in [0, 0.05) is 43.6 Å². The lowest BCUT2D eigenvalue weighted by Crippen LogP contribution is -2.60. The van der Waals surface area contributed by atoms with E-state index in [9.17, 15) is 18.8 Å². The first-order valence-electron chi connectivity index (χ1n) is 12.1. The monoisotopic (exact) mass is 481 g/mol. The second kappa shape index (κ2) is 10.2. The summed E-state index contributed by atoms with van der Waals surface area (Å²) in [5.74, 6) is -0.807. The minimum absolute atomic E-state index is 0.105. The molecule has 186 valence electrons. The molecule has 1 atom stereocenters. The molecule has 0 saturated carbocycles. The van der Waals surface area contributed by atoms with Crippen molar-refractivity contribution in [3.05, 3.63) is 71.0 Å². The van der Waals surface area contributed by atoms with Gasteiger partial charge < -0.3 is 15.0 Å². The molecule has 2 aromatic rings. The fourth-order valence-electron chi connectivity index (χ4n) is 4.74. The summed E-state index contributed by atoms with van der Waals surface area (Å²) in [5, 5.41) is 2.94. The predicted molar refractivity (Wildman–Crippen MR) is 129 cm³/mol. The minimum atomic E-state index is -0.972. The Labute approximate surface area is 205 Å². The number of nitrogens with zero attached hydrogens (tertiary/aromatic N) is 2. The Morgan fingerprint density at radius 3 is 2.37 bits per heavy atom. The number of hydrogen-bond donors (Lipinski definition) is 1. The summed E-state index contributed by atoms with van der Waals surface area (Å²) in [6, 6.07) is 12.0. The first kappa shape index (κ1) is 24.9. The van der Waals surface area contributed by atoms with E-state index in [0.29, 0.717) is 43.6 Å². The molecule has 1 unspecified atom stereocenters. The van der Waals surface area contributed by atoms with Crippen LogP contribution in [-0.2, 0) is 9.53 Å². The third kappa shape index (κ3) is 5.22. The zero-order chi connectivity index (χ0) is 25.2. The number of carbonyl (C=O) groups excluding carboxylic acids is 3. The molecule has 4 rings (SSSR count). The number of amides is 3. The Bertz CT molecular complexity index is 1090. The normalized spacial score (nSPS) is 19.3. The van der Waals surface area contributed by atoms with E-state index < -0.39 is 17.6 Å². The number of benzene rings is 2. The van der Waals surface area contributed by atoms with E-state index in [2.05, 4.69) is 5.32 Å². The van der Waals surface area contributed by atoms with Gasteiger partial charge >= 0.3 is 0 Å². The van der Waals surface area contributed by atoms with Gasteiger partial charge in [0.15, 0.2) is 0 Å². The van der Waals surface area contributed by atoms with Crippen molar-refractivity contribution in [1.29, 1.82) is 0 Å². The zero-order valence-electron chi connectivity index (χ0n) is 20.4. The Hall–Kier alpha value is -3.26. The molecular formula is C27H32FN3O4. The number of rotatable bonds is 5. The summed E-state index contributed by atoms with van der Waals surface area (Å²) in [6.45, 7) is 7.26. The first-order valence-corrected chi connectivity index (χ1v) is 12.1. The average Bonchev–Trinajstić information content (AvgIpc) is 3.21. The van der Waals surface area contributed by atoms with E-state index in [4.69, 9.17) is 4.74 Å². The number of nitrogens with one attached hydrogen (secondary N) is 1. The fourth-order valence-corrected chi connectivity index (χ4v) is 4.74. The van der Waals surface area contributed by atoms with Gasteiger partial charge in [0.2, 0.25) is 5.91 Å². The Kier molecular flexibility index (Phi) is 7.21. The highest BCUT2D eigenvalue weighted by molar-refractivity contribution is 5.99. The maximum Gasteiger partial charge on any atom is 0.256 e. The maximum absolute atomic E-state index is 13.7. The lowest BCUT2D eigenvalue weighted by molar-refractivity contribution is -0.128. The number of hydrogen-bond acceptors (Lipinski definition) is 4. The van der Waals surface area contributed by atoms with Gasteiger partial charge in [0.1, 0.15) is 17.6 Å². The summed E-state index contributed by atoms with van der Waals surface area (Å²) in [4.78, 5) is 43.0.